The topological polar surface area (TPSA) is 71.4 Å². The molecular weight excluding hydrogens is 402 g/mol. The molecule has 0 spiro atoms. The predicted octanol–water partition coefficient (Wildman–Crippen LogP) is 3.27. The highest BCUT2D eigenvalue weighted by atomic mass is 32.2. The van der Waals surface area contributed by atoms with Gasteiger partial charge in [0, 0.05) is 20.2 Å². The van der Waals surface area contributed by atoms with Crippen LogP contribution in [0.1, 0.15) is 5.56 Å². The summed E-state index contributed by atoms with van der Waals surface area (Å²) in [6.07, 6.45) is 1.72. The van der Waals surface area contributed by atoms with Gasteiger partial charge < -0.3 is 14.4 Å². The second kappa shape index (κ2) is 9.49. The summed E-state index contributed by atoms with van der Waals surface area (Å²) in [6.45, 7) is 0. The largest absolute Gasteiger partial charge is 0.497 e. The first-order valence-corrected chi connectivity index (χ1v) is 10.2. The second-order valence-electron chi connectivity index (χ2n) is 6.62. The Balaban J connectivity index is 1.95. The lowest BCUT2D eigenvalue weighted by molar-refractivity contribution is -0.125. The molecule has 0 fully saturated rings. The molecule has 3 rings (SSSR count). The maximum Gasteiger partial charge on any atom is 0.283 e. The van der Waals surface area contributed by atoms with Crippen LogP contribution in [0.4, 0.5) is 5.69 Å². The van der Waals surface area contributed by atoms with Crippen molar-refractivity contribution in [3.8, 4) is 11.5 Å². The first-order chi connectivity index (χ1) is 14.4. The first-order valence-electron chi connectivity index (χ1n) is 9.19. The molecule has 0 aromatic heterocycles. The third-order valence-corrected chi connectivity index (χ3v) is 5.31. The number of amides is 2. The van der Waals surface area contributed by atoms with Crippen LogP contribution in [0.2, 0.25) is 0 Å². The molecule has 1 aliphatic rings. The van der Waals surface area contributed by atoms with E-state index in [2.05, 4.69) is 4.99 Å². The Morgan fingerprint density at radius 1 is 1.10 bits per heavy atom. The molecule has 7 nitrogen and oxygen atoms in total. The van der Waals surface area contributed by atoms with Crippen LogP contribution in [0.25, 0.3) is 6.08 Å². The number of carbonyl (C=O) groups excluding carboxylic acids is 2. The van der Waals surface area contributed by atoms with Gasteiger partial charge in [-0.25, -0.2) is 4.99 Å². The Bertz CT molecular complexity index is 1000. The molecule has 8 heteroatoms. The summed E-state index contributed by atoms with van der Waals surface area (Å²) >= 11 is 1.22. The van der Waals surface area contributed by atoms with E-state index in [0.29, 0.717) is 22.3 Å². The number of carbonyl (C=O) groups is 2. The van der Waals surface area contributed by atoms with Crippen molar-refractivity contribution in [2.45, 2.75) is 0 Å². The van der Waals surface area contributed by atoms with Gasteiger partial charge in [0.2, 0.25) is 5.91 Å². The van der Waals surface area contributed by atoms with E-state index in [1.165, 1.54) is 21.6 Å². The van der Waals surface area contributed by atoms with E-state index in [0.717, 1.165) is 11.3 Å². The zero-order valence-electron chi connectivity index (χ0n) is 17.3. The highest BCUT2D eigenvalue weighted by Crippen LogP contribution is 2.31. The number of hydrogen-bond acceptors (Lipinski definition) is 6. The Kier molecular flexibility index (Phi) is 6.79. The summed E-state index contributed by atoms with van der Waals surface area (Å²) in [5, 5.41) is 0.447. The molecule has 1 aliphatic heterocycles. The minimum absolute atomic E-state index is 0.0617. The molecule has 1 heterocycles. The number of amidine groups is 1. The van der Waals surface area contributed by atoms with Crippen LogP contribution >= 0.6 is 11.8 Å². The summed E-state index contributed by atoms with van der Waals surface area (Å²) in [7, 11) is 6.56. The van der Waals surface area contributed by atoms with E-state index in [1.807, 2.05) is 24.3 Å². The van der Waals surface area contributed by atoms with Crippen molar-refractivity contribution < 1.29 is 19.1 Å². The monoisotopic (exact) mass is 425 g/mol. The molecule has 2 aromatic carbocycles. The quantitative estimate of drug-likeness (QED) is 0.665. The third kappa shape index (κ3) is 4.83. The molecule has 0 aliphatic carbocycles. The average Bonchev–Trinajstić information content (AvgIpc) is 3.07. The van der Waals surface area contributed by atoms with E-state index in [-0.39, 0.29) is 17.6 Å². The van der Waals surface area contributed by atoms with E-state index < -0.39 is 0 Å². The summed E-state index contributed by atoms with van der Waals surface area (Å²) in [6, 6.07) is 14.5. The van der Waals surface area contributed by atoms with Gasteiger partial charge in [0.15, 0.2) is 5.17 Å². The van der Waals surface area contributed by atoms with Crippen LogP contribution in [0.3, 0.4) is 0 Å². The lowest BCUT2D eigenvalue weighted by Gasteiger charge is -2.19. The van der Waals surface area contributed by atoms with Gasteiger partial charge in [0.25, 0.3) is 5.91 Å². The minimum Gasteiger partial charge on any atom is -0.497 e. The lowest BCUT2D eigenvalue weighted by atomic mass is 10.2. The van der Waals surface area contributed by atoms with Crippen molar-refractivity contribution in [2.24, 2.45) is 4.99 Å². The van der Waals surface area contributed by atoms with Crippen LogP contribution in [0.15, 0.2) is 59.2 Å². The zero-order chi connectivity index (χ0) is 21.7. The fourth-order valence-corrected chi connectivity index (χ4v) is 3.67. The Morgan fingerprint density at radius 2 is 1.80 bits per heavy atom. The Hall–Kier alpha value is -3.26. The normalized spacial score (nSPS) is 14.7. The highest BCUT2D eigenvalue weighted by molar-refractivity contribution is 8.14. The number of anilines is 1. The number of rotatable bonds is 6. The van der Waals surface area contributed by atoms with Crippen molar-refractivity contribution in [1.29, 1.82) is 0 Å². The van der Waals surface area contributed by atoms with Crippen LogP contribution in [-0.4, -0.2) is 55.9 Å². The molecule has 0 bridgehead atoms. The zero-order valence-corrected chi connectivity index (χ0v) is 18.1. The van der Waals surface area contributed by atoms with Gasteiger partial charge >= 0.3 is 0 Å². The first kappa shape index (κ1) is 21.4. The van der Waals surface area contributed by atoms with Gasteiger partial charge in [-0.05, 0) is 35.9 Å². The molecule has 156 valence electrons. The van der Waals surface area contributed by atoms with Crippen molar-refractivity contribution in [3.63, 3.8) is 0 Å². The standard InChI is InChI=1S/C22H23N3O4S/c1-24(2)20(26)14-30-22-23-19(12-15-8-10-17(28-3)11-9-15)21(27)25(22)16-6-5-7-18(13-16)29-4/h5-13H,14H2,1-4H3/b19-12+. The summed E-state index contributed by atoms with van der Waals surface area (Å²) in [4.78, 5) is 32.8. The molecule has 0 unspecified atom stereocenters. The molecular formula is C22H23N3O4S. The van der Waals surface area contributed by atoms with Crippen LogP contribution in [0, 0.1) is 0 Å². The number of hydrogen-bond donors (Lipinski definition) is 0. The molecule has 0 radical (unpaired) electrons. The number of aliphatic imine (C=N–C) groups is 1. The number of nitrogens with zero attached hydrogens (tertiary/aromatic N) is 3. The summed E-state index contributed by atoms with van der Waals surface area (Å²) in [5.41, 5.74) is 1.74. The number of thioether (sulfide) groups is 1. The summed E-state index contributed by atoms with van der Waals surface area (Å²) in [5.74, 6) is 1.21. The molecule has 2 amide bonds. The Morgan fingerprint density at radius 3 is 2.43 bits per heavy atom. The molecule has 0 atom stereocenters. The van der Waals surface area contributed by atoms with Gasteiger partial charge in [-0.15, -0.1) is 0 Å². The van der Waals surface area contributed by atoms with Gasteiger partial charge in [-0.1, -0.05) is 30.0 Å². The number of benzene rings is 2. The molecule has 0 saturated heterocycles. The minimum atomic E-state index is -0.265. The fourth-order valence-electron chi connectivity index (χ4n) is 2.68. The molecule has 0 N–H and O–H groups in total. The maximum atomic E-state index is 13.2. The highest BCUT2D eigenvalue weighted by Gasteiger charge is 2.32. The van der Waals surface area contributed by atoms with Crippen molar-refractivity contribution in [1.82, 2.24) is 4.90 Å². The van der Waals surface area contributed by atoms with Crippen molar-refractivity contribution >= 4 is 40.5 Å². The third-order valence-electron chi connectivity index (χ3n) is 4.38. The van der Waals surface area contributed by atoms with E-state index in [4.69, 9.17) is 9.47 Å². The average molecular weight is 426 g/mol. The van der Waals surface area contributed by atoms with Crippen LogP contribution in [-0.2, 0) is 9.59 Å². The van der Waals surface area contributed by atoms with Crippen molar-refractivity contribution in [2.75, 3.05) is 39.0 Å². The SMILES string of the molecule is COc1ccc(/C=C2/N=C(SCC(=O)N(C)C)N(c3cccc(OC)c3)C2=O)cc1. The number of ether oxygens (including phenoxy) is 2. The smallest absolute Gasteiger partial charge is 0.283 e. The van der Waals surface area contributed by atoms with E-state index in [9.17, 15) is 9.59 Å². The van der Waals surface area contributed by atoms with Gasteiger partial charge in [-0.2, -0.15) is 0 Å². The van der Waals surface area contributed by atoms with Crippen LogP contribution in [0.5, 0.6) is 11.5 Å². The van der Waals surface area contributed by atoms with Gasteiger partial charge in [0.05, 0.1) is 25.7 Å². The molecule has 2 aromatic rings. The van der Waals surface area contributed by atoms with Gasteiger partial charge in [0.1, 0.15) is 17.2 Å². The molecule has 30 heavy (non-hydrogen) atoms. The van der Waals surface area contributed by atoms with Gasteiger partial charge in [-0.3, -0.25) is 14.5 Å². The summed E-state index contributed by atoms with van der Waals surface area (Å²) < 4.78 is 10.5. The van der Waals surface area contributed by atoms with E-state index >= 15 is 0 Å². The second-order valence-corrected chi connectivity index (χ2v) is 7.56. The lowest BCUT2D eigenvalue weighted by Crippen LogP contribution is -2.32. The number of methoxy groups -OCH3 is 2. The Labute approximate surface area is 180 Å². The van der Waals surface area contributed by atoms with Crippen LogP contribution < -0.4 is 14.4 Å². The maximum absolute atomic E-state index is 13.2. The van der Waals surface area contributed by atoms with E-state index in [1.54, 1.807) is 58.7 Å². The van der Waals surface area contributed by atoms with Crippen molar-refractivity contribution in [3.05, 3.63) is 59.8 Å². The predicted molar refractivity (Wildman–Crippen MR) is 120 cm³/mol. The fraction of sp³-hybridized carbons (Fsp3) is 0.227. The molecule has 0 saturated carbocycles.